The van der Waals surface area contributed by atoms with E-state index in [4.69, 9.17) is 7.85 Å². The summed E-state index contributed by atoms with van der Waals surface area (Å²) in [4.78, 5) is 8.86. The molecule has 0 aromatic carbocycles. The number of pyridine rings is 2. The molecule has 0 amide bonds. The molecule has 0 fully saturated rings. The van der Waals surface area contributed by atoms with Crippen molar-refractivity contribution in [3.63, 3.8) is 0 Å². The van der Waals surface area contributed by atoms with E-state index in [0.717, 1.165) is 16.0 Å². The lowest BCUT2D eigenvalue weighted by atomic mass is 9.84. The van der Waals surface area contributed by atoms with Crippen LogP contribution in [-0.4, -0.2) is 17.8 Å². The summed E-state index contributed by atoms with van der Waals surface area (Å²) in [5.74, 6) is 0. The number of aromatic nitrogens is 2. The van der Waals surface area contributed by atoms with E-state index in [1.54, 1.807) is 6.07 Å². The van der Waals surface area contributed by atoms with E-state index in [1.807, 2.05) is 30.3 Å². The van der Waals surface area contributed by atoms with E-state index < -0.39 is 0 Å². The monoisotopic (exact) mass is 286 g/mol. The van der Waals surface area contributed by atoms with Crippen molar-refractivity contribution in [3.05, 3.63) is 52.4 Å². The summed E-state index contributed by atoms with van der Waals surface area (Å²) in [6.07, 6.45) is 0. The molecule has 17 heavy (non-hydrogen) atoms. The van der Waals surface area contributed by atoms with E-state index >= 15 is 0 Å². The summed E-state index contributed by atoms with van der Waals surface area (Å²) in [6.45, 7) is 4.17. The largest absolute Gasteiger partial charge is 0.268 e. The lowest BCUT2D eigenvalue weighted by molar-refractivity contribution is 0.595. The topological polar surface area (TPSA) is 25.8 Å². The minimum Gasteiger partial charge on any atom is -0.268 e. The molecule has 2 aromatic heterocycles. The Kier molecular flexibility index (Phi) is 3.34. The minimum atomic E-state index is -0.265. The molecule has 0 aliphatic rings. The van der Waals surface area contributed by atoms with Crippen LogP contribution in [0.25, 0.3) is 0 Å². The van der Waals surface area contributed by atoms with Gasteiger partial charge in [-0.1, -0.05) is 18.2 Å². The maximum absolute atomic E-state index is 5.72. The van der Waals surface area contributed by atoms with Crippen LogP contribution in [0.1, 0.15) is 25.2 Å². The predicted octanol–water partition coefficient (Wildman–Crippen LogP) is 2.36. The maximum atomic E-state index is 5.72. The average molecular weight is 287 g/mol. The van der Waals surface area contributed by atoms with Crippen molar-refractivity contribution < 1.29 is 0 Å². The van der Waals surface area contributed by atoms with Crippen LogP contribution >= 0.6 is 15.9 Å². The van der Waals surface area contributed by atoms with Crippen LogP contribution < -0.4 is 5.59 Å². The number of nitrogens with zero attached hydrogens (tertiary/aromatic N) is 2. The molecular formula is C13H12BBrN2. The van der Waals surface area contributed by atoms with Gasteiger partial charge in [-0.15, -0.1) is 0 Å². The molecule has 2 nitrogen and oxygen atoms in total. The third-order valence-corrected chi connectivity index (χ3v) is 3.21. The summed E-state index contributed by atoms with van der Waals surface area (Å²) in [6, 6.07) is 11.5. The zero-order valence-corrected chi connectivity index (χ0v) is 11.4. The first-order valence-electron chi connectivity index (χ1n) is 5.36. The van der Waals surface area contributed by atoms with Crippen molar-refractivity contribution >= 4 is 29.4 Å². The van der Waals surface area contributed by atoms with Crippen LogP contribution in [0.2, 0.25) is 0 Å². The highest BCUT2D eigenvalue weighted by molar-refractivity contribution is 9.10. The van der Waals surface area contributed by atoms with Gasteiger partial charge in [-0.05, 0) is 53.6 Å². The van der Waals surface area contributed by atoms with Crippen molar-refractivity contribution in [2.75, 3.05) is 0 Å². The van der Waals surface area contributed by atoms with Gasteiger partial charge in [-0.25, -0.2) is 4.98 Å². The number of halogens is 1. The van der Waals surface area contributed by atoms with Crippen molar-refractivity contribution in [1.82, 2.24) is 9.97 Å². The molecule has 0 spiro atoms. The van der Waals surface area contributed by atoms with Gasteiger partial charge in [-0.2, -0.15) is 0 Å². The fourth-order valence-corrected chi connectivity index (χ4v) is 2.03. The SMILES string of the molecule is [B]c1cccc(C(C)(C)c2cccc(Br)n2)n1. The van der Waals surface area contributed by atoms with Crippen LogP contribution in [-0.2, 0) is 5.41 Å². The molecular weight excluding hydrogens is 275 g/mol. The third kappa shape index (κ3) is 2.57. The first-order valence-corrected chi connectivity index (χ1v) is 6.15. The summed E-state index contributed by atoms with van der Waals surface area (Å²) in [7, 11) is 5.72. The van der Waals surface area contributed by atoms with Gasteiger partial charge in [0.25, 0.3) is 0 Å². The Morgan fingerprint density at radius 1 is 1.00 bits per heavy atom. The van der Waals surface area contributed by atoms with Gasteiger partial charge in [0.2, 0.25) is 0 Å². The molecule has 0 aliphatic heterocycles. The summed E-state index contributed by atoms with van der Waals surface area (Å²) in [5, 5.41) is 0. The number of rotatable bonds is 2. The highest BCUT2D eigenvalue weighted by atomic mass is 79.9. The van der Waals surface area contributed by atoms with Gasteiger partial charge in [0.1, 0.15) is 12.4 Å². The molecule has 2 rings (SSSR count). The van der Waals surface area contributed by atoms with Gasteiger partial charge < -0.3 is 0 Å². The van der Waals surface area contributed by atoms with E-state index in [1.165, 1.54) is 0 Å². The lowest BCUT2D eigenvalue weighted by Crippen LogP contribution is -2.25. The Bertz CT molecular complexity index is 493. The fraction of sp³-hybridized carbons (Fsp3) is 0.231. The standard InChI is InChI=1S/C13H12BBrN2/c1-13(2,9-5-3-7-11(14)16-9)10-6-4-8-12(15)17-10/h3-8H,1-2H3. The smallest absolute Gasteiger partial charge is 0.141 e. The molecule has 0 saturated carbocycles. The molecule has 4 heteroatoms. The van der Waals surface area contributed by atoms with Crippen molar-refractivity contribution in [1.29, 1.82) is 0 Å². The Morgan fingerprint density at radius 3 is 2.18 bits per heavy atom. The predicted molar refractivity (Wildman–Crippen MR) is 73.7 cm³/mol. The van der Waals surface area contributed by atoms with Crippen molar-refractivity contribution in [3.8, 4) is 0 Å². The van der Waals surface area contributed by atoms with Crippen LogP contribution in [0, 0.1) is 0 Å². The first-order chi connectivity index (χ1) is 8.00. The molecule has 2 aromatic rings. The average Bonchev–Trinajstić information content (AvgIpc) is 2.29. The second-order valence-electron chi connectivity index (χ2n) is 4.42. The lowest BCUT2D eigenvalue weighted by Gasteiger charge is -2.24. The Balaban J connectivity index is 2.49. The van der Waals surface area contributed by atoms with Crippen LogP contribution in [0.4, 0.5) is 0 Å². The molecule has 0 N–H and O–H groups in total. The maximum Gasteiger partial charge on any atom is 0.141 e. The summed E-state index contributed by atoms with van der Waals surface area (Å²) >= 11 is 3.39. The zero-order chi connectivity index (χ0) is 12.5. The molecule has 0 atom stereocenters. The normalized spacial score (nSPS) is 11.5. The van der Waals surface area contributed by atoms with Crippen LogP contribution in [0.15, 0.2) is 41.0 Å². The molecule has 0 unspecified atom stereocenters. The van der Waals surface area contributed by atoms with Crippen LogP contribution in [0.5, 0.6) is 0 Å². The van der Waals surface area contributed by atoms with E-state index in [2.05, 4.69) is 39.7 Å². The quantitative estimate of drug-likeness (QED) is 0.626. The minimum absolute atomic E-state index is 0.265. The number of hydrogen-bond donors (Lipinski definition) is 0. The van der Waals surface area contributed by atoms with Crippen molar-refractivity contribution in [2.45, 2.75) is 19.3 Å². The fourth-order valence-electron chi connectivity index (χ4n) is 1.69. The third-order valence-electron chi connectivity index (χ3n) is 2.77. The van der Waals surface area contributed by atoms with Gasteiger partial charge in [0.15, 0.2) is 0 Å². The van der Waals surface area contributed by atoms with Crippen molar-refractivity contribution in [2.24, 2.45) is 0 Å². The number of hydrogen-bond acceptors (Lipinski definition) is 2. The first kappa shape index (κ1) is 12.3. The molecule has 84 valence electrons. The van der Waals surface area contributed by atoms with E-state index in [0.29, 0.717) is 5.59 Å². The summed E-state index contributed by atoms with van der Waals surface area (Å²) in [5.41, 5.74) is 2.15. The highest BCUT2D eigenvalue weighted by Crippen LogP contribution is 2.28. The summed E-state index contributed by atoms with van der Waals surface area (Å²) < 4.78 is 0.826. The second kappa shape index (κ2) is 4.61. The van der Waals surface area contributed by atoms with Gasteiger partial charge >= 0.3 is 0 Å². The Morgan fingerprint density at radius 2 is 1.59 bits per heavy atom. The Labute approximate surface area is 111 Å². The molecule has 0 bridgehead atoms. The second-order valence-corrected chi connectivity index (χ2v) is 5.23. The van der Waals surface area contributed by atoms with Crippen LogP contribution in [0.3, 0.4) is 0 Å². The molecule has 0 saturated heterocycles. The highest BCUT2D eigenvalue weighted by Gasteiger charge is 2.26. The molecule has 0 aliphatic carbocycles. The van der Waals surface area contributed by atoms with Gasteiger partial charge in [0.05, 0.1) is 11.4 Å². The van der Waals surface area contributed by atoms with Gasteiger partial charge in [0, 0.05) is 5.41 Å². The van der Waals surface area contributed by atoms with E-state index in [-0.39, 0.29) is 5.41 Å². The molecule has 2 radical (unpaired) electrons. The van der Waals surface area contributed by atoms with E-state index in [9.17, 15) is 0 Å². The van der Waals surface area contributed by atoms with Gasteiger partial charge in [-0.3, -0.25) is 4.98 Å². The zero-order valence-electron chi connectivity index (χ0n) is 9.81. The Hall–Kier alpha value is -1.16. The molecule has 2 heterocycles.